The summed E-state index contributed by atoms with van der Waals surface area (Å²) in [6.45, 7) is 4.48. The van der Waals surface area contributed by atoms with E-state index in [2.05, 4.69) is 34.3 Å². The third-order valence-electron chi connectivity index (χ3n) is 4.22. The van der Waals surface area contributed by atoms with Gasteiger partial charge in [-0.05, 0) is 38.2 Å². The number of aliphatic imine (C=N–C) groups is 1. The smallest absolute Gasteiger partial charge is 0.193 e. The molecule has 2 aromatic heterocycles. The molecule has 2 heterocycles. The summed E-state index contributed by atoms with van der Waals surface area (Å²) in [6.07, 6.45) is 8.86. The van der Waals surface area contributed by atoms with Gasteiger partial charge >= 0.3 is 0 Å². The lowest BCUT2D eigenvalue weighted by atomic mass is 10.0. The lowest BCUT2D eigenvalue weighted by molar-refractivity contribution is 0.468. The highest BCUT2D eigenvalue weighted by atomic mass is 127. The number of fused-ring (bicyclic) bond motifs is 1. The molecule has 0 bridgehead atoms. The molecule has 1 aliphatic rings. The molecule has 0 aliphatic heterocycles. The SMILES string of the molecule is CN=C(NCCn1cc(C)cn1)N(C)Cc1nc2c(s1)CCCC2.I. The Bertz CT molecular complexity index is 684. The largest absolute Gasteiger partial charge is 0.354 e. The Hall–Kier alpha value is -1.16. The summed E-state index contributed by atoms with van der Waals surface area (Å²) >= 11 is 1.87. The van der Waals surface area contributed by atoms with E-state index in [0.29, 0.717) is 0 Å². The van der Waals surface area contributed by atoms with Gasteiger partial charge in [-0.2, -0.15) is 5.10 Å². The zero-order valence-corrected chi connectivity index (χ0v) is 18.3. The highest BCUT2D eigenvalue weighted by Gasteiger charge is 2.16. The van der Waals surface area contributed by atoms with Crippen LogP contribution in [0.1, 0.15) is 34.0 Å². The average Bonchev–Trinajstić information content (AvgIpc) is 3.16. The monoisotopic (exact) mass is 474 g/mol. The number of nitrogens with zero attached hydrogens (tertiary/aromatic N) is 5. The maximum atomic E-state index is 4.82. The number of nitrogens with one attached hydrogen (secondary N) is 1. The van der Waals surface area contributed by atoms with Crippen LogP contribution in [0.25, 0.3) is 0 Å². The molecule has 0 saturated heterocycles. The van der Waals surface area contributed by atoms with Crippen molar-refractivity contribution in [2.45, 2.75) is 45.7 Å². The third kappa shape index (κ3) is 5.40. The predicted octanol–water partition coefficient (Wildman–Crippen LogP) is 2.85. The van der Waals surface area contributed by atoms with Gasteiger partial charge in [0.2, 0.25) is 0 Å². The van der Waals surface area contributed by atoms with Gasteiger partial charge in [-0.1, -0.05) is 0 Å². The third-order valence-corrected chi connectivity index (χ3v) is 5.36. The maximum Gasteiger partial charge on any atom is 0.193 e. The van der Waals surface area contributed by atoms with Crippen molar-refractivity contribution in [3.63, 3.8) is 0 Å². The highest BCUT2D eigenvalue weighted by Crippen LogP contribution is 2.27. The molecule has 1 N–H and O–H groups in total. The minimum atomic E-state index is 0. The standard InChI is InChI=1S/C17H26N6S.HI/c1-13-10-20-23(11-13)9-8-19-17(18-2)22(3)12-16-21-14-6-4-5-7-15(14)24-16;/h10-11H,4-9,12H2,1-3H3,(H,18,19);1H. The topological polar surface area (TPSA) is 58.3 Å². The van der Waals surface area contributed by atoms with Gasteiger partial charge in [0.1, 0.15) is 5.01 Å². The van der Waals surface area contributed by atoms with Crippen LogP contribution < -0.4 is 5.32 Å². The Labute approximate surface area is 170 Å². The zero-order valence-electron chi connectivity index (χ0n) is 15.2. The van der Waals surface area contributed by atoms with E-state index in [1.54, 1.807) is 0 Å². The van der Waals surface area contributed by atoms with E-state index in [9.17, 15) is 0 Å². The van der Waals surface area contributed by atoms with Crippen LogP contribution in [0, 0.1) is 6.92 Å². The first-order valence-electron chi connectivity index (χ1n) is 8.54. The lowest BCUT2D eigenvalue weighted by Crippen LogP contribution is -2.39. The van der Waals surface area contributed by atoms with Crippen LogP contribution in [-0.2, 0) is 25.9 Å². The van der Waals surface area contributed by atoms with Crippen LogP contribution in [0.3, 0.4) is 0 Å². The van der Waals surface area contributed by atoms with E-state index in [-0.39, 0.29) is 24.0 Å². The number of rotatable bonds is 5. The van der Waals surface area contributed by atoms with Crippen molar-refractivity contribution in [3.05, 3.63) is 33.5 Å². The number of aromatic nitrogens is 3. The molecule has 1 aliphatic carbocycles. The number of guanidine groups is 1. The molecule has 6 nitrogen and oxygen atoms in total. The molecule has 0 fully saturated rings. The average molecular weight is 474 g/mol. The fourth-order valence-corrected chi connectivity index (χ4v) is 4.22. The number of hydrogen-bond acceptors (Lipinski definition) is 4. The highest BCUT2D eigenvalue weighted by molar-refractivity contribution is 14.0. The van der Waals surface area contributed by atoms with Crippen molar-refractivity contribution in [3.8, 4) is 0 Å². The van der Waals surface area contributed by atoms with Crippen molar-refractivity contribution < 1.29 is 0 Å². The van der Waals surface area contributed by atoms with Crippen LogP contribution in [0.15, 0.2) is 17.4 Å². The van der Waals surface area contributed by atoms with Gasteiger partial charge in [-0.15, -0.1) is 35.3 Å². The minimum absolute atomic E-state index is 0. The molecule has 3 rings (SSSR count). The molecule has 0 radical (unpaired) electrons. The van der Waals surface area contributed by atoms with Crippen molar-refractivity contribution in [1.82, 2.24) is 25.0 Å². The second-order valence-electron chi connectivity index (χ2n) is 6.30. The van der Waals surface area contributed by atoms with Crippen molar-refractivity contribution in [1.29, 1.82) is 0 Å². The van der Waals surface area contributed by atoms with Crippen molar-refractivity contribution >= 4 is 41.3 Å². The van der Waals surface area contributed by atoms with E-state index >= 15 is 0 Å². The van der Waals surface area contributed by atoms with Gasteiger partial charge in [-0.25, -0.2) is 4.98 Å². The molecule has 8 heteroatoms. The molecule has 25 heavy (non-hydrogen) atoms. The van der Waals surface area contributed by atoms with E-state index in [1.807, 2.05) is 35.5 Å². The molecular weight excluding hydrogens is 447 g/mol. The number of halogens is 1. The molecule has 138 valence electrons. The van der Waals surface area contributed by atoms with Crippen LogP contribution in [0.2, 0.25) is 0 Å². The van der Waals surface area contributed by atoms with Crippen LogP contribution in [-0.4, -0.2) is 46.3 Å². The van der Waals surface area contributed by atoms with Crippen molar-refractivity contribution in [2.75, 3.05) is 20.6 Å². The first kappa shape index (κ1) is 20.2. The molecule has 2 aromatic rings. The van der Waals surface area contributed by atoms with Crippen LogP contribution in [0.5, 0.6) is 0 Å². The first-order valence-corrected chi connectivity index (χ1v) is 9.35. The number of hydrogen-bond donors (Lipinski definition) is 1. The Morgan fingerprint density at radius 3 is 2.88 bits per heavy atom. The normalized spacial score (nSPS) is 14.0. The fraction of sp³-hybridized carbons (Fsp3) is 0.588. The van der Waals surface area contributed by atoms with E-state index < -0.39 is 0 Å². The Balaban J connectivity index is 0.00000225. The van der Waals surface area contributed by atoms with Gasteiger partial charge in [0.15, 0.2) is 5.96 Å². The summed E-state index contributed by atoms with van der Waals surface area (Å²) < 4.78 is 1.95. The summed E-state index contributed by atoms with van der Waals surface area (Å²) in [6, 6.07) is 0. The van der Waals surface area contributed by atoms with Gasteiger partial charge in [-0.3, -0.25) is 9.67 Å². The van der Waals surface area contributed by atoms with Crippen LogP contribution in [0.4, 0.5) is 0 Å². The second-order valence-corrected chi connectivity index (χ2v) is 7.46. The fourth-order valence-electron chi connectivity index (χ4n) is 3.01. The molecule has 0 amide bonds. The molecule has 0 atom stereocenters. The first-order chi connectivity index (χ1) is 11.7. The number of thiazole rings is 1. The molecular formula is C17H27IN6S. The van der Waals surface area contributed by atoms with E-state index in [0.717, 1.165) is 32.0 Å². The van der Waals surface area contributed by atoms with Gasteiger partial charge in [0.25, 0.3) is 0 Å². The summed E-state index contributed by atoms with van der Waals surface area (Å²) in [5, 5.41) is 8.89. The molecule has 0 saturated carbocycles. The van der Waals surface area contributed by atoms with Crippen molar-refractivity contribution in [2.24, 2.45) is 4.99 Å². The quantitative estimate of drug-likeness (QED) is 0.412. The molecule has 0 spiro atoms. The molecule has 0 unspecified atom stereocenters. The Morgan fingerprint density at radius 2 is 2.20 bits per heavy atom. The van der Waals surface area contributed by atoms with Gasteiger partial charge in [0, 0.05) is 31.7 Å². The summed E-state index contributed by atoms with van der Waals surface area (Å²) in [5.41, 5.74) is 2.51. The second kappa shape index (κ2) is 9.51. The maximum absolute atomic E-state index is 4.82. The summed E-state index contributed by atoms with van der Waals surface area (Å²) in [5.74, 6) is 0.895. The van der Waals surface area contributed by atoms with E-state index in [4.69, 9.17) is 4.98 Å². The Morgan fingerprint density at radius 1 is 1.40 bits per heavy atom. The minimum Gasteiger partial charge on any atom is -0.354 e. The Kier molecular flexibility index (Phi) is 7.67. The van der Waals surface area contributed by atoms with E-state index in [1.165, 1.54) is 40.4 Å². The van der Waals surface area contributed by atoms with Crippen LogP contribution >= 0.6 is 35.3 Å². The van der Waals surface area contributed by atoms with Gasteiger partial charge < -0.3 is 10.2 Å². The summed E-state index contributed by atoms with van der Waals surface area (Å²) in [7, 11) is 3.89. The number of aryl methyl sites for hydroxylation is 3. The van der Waals surface area contributed by atoms with Gasteiger partial charge in [0.05, 0.1) is 25.0 Å². The summed E-state index contributed by atoms with van der Waals surface area (Å²) in [4.78, 5) is 12.8. The molecule has 0 aromatic carbocycles. The lowest BCUT2D eigenvalue weighted by Gasteiger charge is -2.21. The predicted molar refractivity (Wildman–Crippen MR) is 114 cm³/mol. The zero-order chi connectivity index (χ0) is 16.9.